The van der Waals surface area contributed by atoms with E-state index in [-0.39, 0.29) is 24.6 Å². The van der Waals surface area contributed by atoms with Gasteiger partial charge < -0.3 is 10.5 Å². The Morgan fingerprint density at radius 1 is 1.25 bits per heavy atom. The van der Waals surface area contributed by atoms with Gasteiger partial charge in [-0.25, -0.2) is 8.42 Å². The molecule has 0 amide bonds. The van der Waals surface area contributed by atoms with E-state index in [1.165, 1.54) is 17.5 Å². The molecular weight excluding hydrogens is 348 g/mol. The van der Waals surface area contributed by atoms with E-state index in [1.54, 1.807) is 17.5 Å². The number of benzene rings is 1. The zero-order chi connectivity index (χ0) is 16.4. The van der Waals surface area contributed by atoms with Crippen molar-refractivity contribution in [2.75, 3.05) is 20.2 Å². The SMILES string of the molecule is COC1CCN(S(=O)(=O)c2ccc3c(c2)CCCC3)C(CN)C1.Cl. The second-order valence-electron chi connectivity index (χ2n) is 6.52. The van der Waals surface area contributed by atoms with Crippen molar-refractivity contribution in [1.29, 1.82) is 0 Å². The van der Waals surface area contributed by atoms with Crippen LogP contribution < -0.4 is 5.73 Å². The summed E-state index contributed by atoms with van der Waals surface area (Å²) in [5.74, 6) is 0. The fourth-order valence-electron chi connectivity index (χ4n) is 3.74. The summed E-state index contributed by atoms with van der Waals surface area (Å²) in [5, 5.41) is 0. The molecule has 7 heteroatoms. The summed E-state index contributed by atoms with van der Waals surface area (Å²) in [6.45, 7) is 0.795. The van der Waals surface area contributed by atoms with Crippen LogP contribution in [0.4, 0.5) is 0 Å². The van der Waals surface area contributed by atoms with Gasteiger partial charge in [0.1, 0.15) is 0 Å². The highest BCUT2D eigenvalue weighted by atomic mass is 35.5. The molecule has 1 aromatic carbocycles. The number of hydrogen-bond acceptors (Lipinski definition) is 4. The van der Waals surface area contributed by atoms with E-state index in [9.17, 15) is 8.42 Å². The first-order chi connectivity index (χ1) is 11.1. The van der Waals surface area contributed by atoms with Gasteiger partial charge in [-0.05, 0) is 61.8 Å². The van der Waals surface area contributed by atoms with Crippen molar-refractivity contribution in [3.63, 3.8) is 0 Å². The van der Waals surface area contributed by atoms with Crippen LogP contribution in [-0.2, 0) is 27.6 Å². The number of methoxy groups -OCH3 is 1. The van der Waals surface area contributed by atoms with Crippen LogP contribution in [0.5, 0.6) is 0 Å². The number of halogens is 1. The zero-order valence-corrected chi connectivity index (χ0v) is 15.7. The second kappa shape index (κ2) is 8.15. The Balaban J connectivity index is 0.00000208. The van der Waals surface area contributed by atoms with Gasteiger partial charge in [-0.1, -0.05) is 6.07 Å². The van der Waals surface area contributed by atoms with E-state index in [0.29, 0.717) is 24.4 Å². The Kier molecular flexibility index (Phi) is 6.67. The number of piperidine rings is 1. The number of rotatable bonds is 4. The maximum atomic E-state index is 13.1. The first kappa shape index (κ1) is 19.7. The lowest BCUT2D eigenvalue weighted by Crippen LogP contribution is -2.51. The van der Waals surface area contributed by atoms with Crippen LogP contribution >= 0.6 is 12.4 Å². The molecule has 136 valence electrons. The number of hydrogen-bond donors (Lipinski definition) is 1. The Morgan fingerprint density at radius 3 is 2.62 bits per heavy atom. The average Bonchev–Trinajstić information content (AvgIpc) is 2.60. The summed E-state index contributed by atoms with van der Waals surface area (Å²) in [4.78, 5) is 0.410. The molecular formula is C17H27ClN2O3S. The van der Waals surface area contributed by atoms with Gasteiger partial charge in [0.2, 0.25) is 10.0 Å². The summed E-state index contributed by atoms with van der Waals surface area (Å²) in [6.07, 6.45) is 5.85. The summed E-state index contributed by atoms with van der Waals surface area (Å²) in [6, 6.07) is 5.44. The quantitative estimate of drug-likeness (QED) is 0.876. The van der Waals surface area contributed by atoms with Crippen molar-refractivity contribution in [3.05, 3.63) is 29.3 Å². The van der Waals surface area contributed by atoms with Crippen molar-refractivity contribution in [1.82, 2.24) is 4.31 Å². The van der Waals surface area contributed by atoms with E-state index in [4.69, 9.17) is 10.5 Å². The predicted molar refractivity (Wildman–Crippen MR) is 97.1 cm³/mol. The highest BCUT2D eigenvalue weighted by Crippen LogP contribution is 2.29. The maximum Gasteiger partial charge on any atom is 0.243 e. The zero-order valence-electron chi connectivity index (χ0n) is 14.1. The molecule has 0 spiro atoms. The fraction of sp³-hybridized carbons (Fsp3) is 0.647. The van der Waals surface area contributed by atoms with E-state index < -0.39 is 10.0 Å². The van der Waals surface area contributed by atoms with Gasteiger partial charge in [-0.3, -0.25) is 0 Å². The fourth-order valence-corrected chi connectivity index (χ4v) is 5.46. The monoisotopic (exact) mass is 374 g/mol. The molecule has 1 aliphatic carbocycles. The van der Waals surface area contributed by atoms with Gasteiger partial charge in [0, 0.05) is 26.2 Å². The Hall–Kier alpha value is -0.660. The predicted octanol–water partition coefficient (Wildman–Crippen LogP) is 2.11. The molecule has 0 aromatic heterocycles. The number of fused-ring (bicyclic) bond motifs is 1. The summed E-state index contributed by atoms with van der Waals surface area (Å²) >= 11 is 0. The molecule has 2 atom stereocenters. The molecule has 5 nitrogen and oxygen atoms in total. The molecule has 2 aliphatic rings. The molecule has 24 heavy (non-hydrogen) atoms. The standard InChI is InChI=1S/C17H26N2O3S.ClH/c1-22-16-8-9-19(15(11-16)12-18)23(20,21)17-7-6-13-4-2-3-5-14(13)10-17;/h6-7,10,15-16H,2-5,8-9,11-12,18H2,1H3;1H. The average molecular weight is 375 g/mol. The highest BCUT2D eigenvalue weighted by molar-refractivity contribution is 7.89. The highest BCUT2D eigenvalue weighted by Gasteiger charge is 2.36. The molecule has 1 aromatic rings. The smallest absolute Gasteiger partial charge is 0.243 e. The van der Waals surface area contributed by atoms with E-state index >= 15 is 0 Å². The number of aryl methyl sites for hydroxylation is 2. The van der Waals surface area contributed by atoms with Crippen molar-refractivity contribution in [2.45, 2.75) is 55.6 Å². The van der Waals surface area contributed by atoms with Gasteiger partial charge >= 0.3 is 0 Å². The van der Waals surface area contributed by atoms with Gasteiger partial charge in [-0.15, -0.1) is 12.4 Å². The topological polar surface area (TPSA) is 72.6 Å². The second-order valence-corrected chi connectivity index (χ2v) is 8.42. The first-order valence-electron chi connectivity index (χ1n) is 8.42. The van der Waals surface area contributed by atoms with Gasteiger partial charge in [0.05, 0.1) is 11.0 Å². The largest absolute Gasteiger partial charge is 0.381 e. The molecule has 1 heterocycles. The molecule has 3 rings (SSSR count). The Bertz CT molecular complexity index is 666. The molecule has 0 bridgehead atoms. The van der Waals surface area contributed by atoms with Gasteiger partial charge in [0.15, 0.2) is 0 Å². The molecule has 2 unspecified atom stereocenters. The minimum Gasteiger partial charge on any atom is -0.381 e. The lowest BCUT2D eigenvalue weighted by atomic mass is 9.92. The van der Waals surface area contributed by atoms with Crippen LogP contribution in [-0.4, -0.2) is 45.1 Å². The molecule has 0 saturated carbocycles. The van der Waals surface area contributed by atoms with Crippen molar-refractivity contribution in [2.24, 2.45) is 5.73 Å². The lowest BCUT2D eigenvalue weighted by molar-refractivity contribution is 0.0401. The van der Waals surface area contributed by atoms with Crippen LogP contribution in [0.3, 0.4) is 0 Å². The van der Waals surface area contributed by atoms with Crippen LogP contribution in [0.25, 0.3) is 0 Å². The summed E-state index contributed by atoms with van der Waals surface area (Å²) < 4.78 is 33.1. The third-order valence-corrected chi connectivity index (χ3v) is 7.09. The van der Waals surface area contributed by atoms with E-state index in [2.05, 4.69) is 0 Å². The van der Waals surface area contributed by atoms with Crippen molar-refractivity contribution in [3.8, 4) is 0 Å². The van der Waals surface area contributed by atoms with Crippen molar-refractivity contribution >= 4 is 22.4 Å². The Labute approximate surface area is 151 Å². The third kappa shape index (κ3) is 3.78. The normalized spacial score (nSPS) is 24.9. The molecule has 1 fully saturated rings. The van der Waals surface area contributed by atoms with Gasteiger partial charge in [-0.2, -0.15) is 4.31 Å². The number of nitrogens with two attached hydrogens (primary N) is 1. The summed E-state index contributed by atoms with van der Waals surface area (Å²) in [5.41, 5.74) is 8.32. The summed E-state index contributed by atoms with van der Waals surface area (Å²) in [7, 11) is -1.82. The molecule has 2 N–H and O–H groups in total. The maximum absolute atomic E-state index is 13.1. The molecule has 1 aliphatic heterocycles. The van der Waals surface area contributed by atoms with Crippen molar-refractivity contribution < 1.29 is 13.2 Å². The number of ether oxygens (including phenoxy) is 1. The lowest BCUT2D eigenvalue weighted by Gasteiger charge is -2.37. The van der Waals surface area contributed by atoms with Crippen LogP contribution in [0.1, 0.15) is 36.8 Å². The van der Waals surface area contributed by atoms with Gasteiger partial charge in [0.25, 0.3) is 0 Å². The Morgan fingerprint density at radius 2 is 1.96 bits per heavy atom. The molecule has 1 saturated heterocycles. The van der Waals surface area contributed by atoms with Crippen LogP contribution in [0.2, 0.25) is 0 Å². The molecule has 0 radical (unpaired) electrons. The van der Waals surface area contributed by atoms with Crippen LogP contribution in [0.15, 0.2) is 23.1 Å². The first-order valence-corrected chi connectivity index (χ1v) is 9.86. The minimum absolute atomic E-state index is 0. The van der Waals surface area contributed by atoms with E-state index in [0.717, 1.165) is 25.7 Å². The van der Waals surface area contributed by atoms with E-state index in [1.807, 2.05) is 12.1 Å². The number of sulfonamides is 1. The van der Waals surface area contributed by atoms with Crippen LogP contribution in [0, 0.1) is 0 Å². The third-order valence-electron chi connectivity index (χ3n) is 5.15. The number of nitrogens with zero attached hydrogens (tertiary/aromatic N) is 1. The minimum atomic E-state index is -3.49.